The van der Waals surface area contributed by atoms with E-state index in [1.165, 1.54) is 37.4 Å². The number of anilines is 2. The standard InChI is InChI=1S/C13H12BrFN2O3S/c1-20-13-7-9(3-5-12(13)16)21(18,19)17-8-2-4-10(14)11(15)6-8/h2-7,17H,16H2,1H3. The average molecular weight is 375 g/mol. The van der Waals surface area contributed by atoms with Crippen molar-refractivity contribution >= 4 is 37.3 Å². The summed E-state index contributed by atoms with van der Waals surface area (Å²) in [5, 5.41) is 0. The SMILES string of the molecule is COc1cc(S(=O)(=O)Nc2ccc(Br)c(F)c2)ccc1N. The summed E-state index contributed by atoms with van der Waals surface area (Å²) < 4.78 is 45.4. The highest BCUT2D eigenvalue weighted by molar-refractivity contribution is 9.10. The quantitative estimate of drug-likeness (QED) is 0.806. The third kappa shape index (κ3) is 3.45. The maximum atomic E-state index is 13.4. The number of nitrogen functional groups attached to an aromatic ring is 1. The number of hydrogen-bond donors (Lipinski definition) is 2. The van der Waals surface area contributed by atoms with E-state index < -0.39 is 15.8 Å². The topological polar surface area (TPSA) is 81.4 Å². The molecule has 0 bridgehead atoms. The van der Waals surface area contributed by atoms with Gasteiger partial charge in [-0.05, 0) is 46.3 Å². The van der Waals surface area contributed by atoms with Crippen molar-refractivity contribution in [2.75, 3.05) is 17.6 Å². The summed E-state index contributed by atoms with van der Waals surface area (Å²) in [6.07, 6.45) is 0. The Morgan fingerprint density at radius 3 is 2.57 bits per heavy atom. The van der Waals surface area contributed by atoms with Gasteiger partial charge in [0.05, 0.1) is 27.9 Å². The van der Waals surface area contributed by atoms with Crippen LogP contribution >= 0.6 is 15.9 Å². The molecular weight excluding hydrogens is 363 g/mol. The number of halogens is 2. The largest absolute Gasteiger partial charge is 0.495 e. The van der Waals surface area contributed by atoms with Gasteiger partial charge in [-0.2, -0.15) is 0 Å². The van der Waals surface area contributed by atoms with Crippen LogP contribution in [-0.2, 0) is 10.0 Å². The van der Waals surface area contributed by atoms with Crippen LogP contribution in [0.15, 0.2) is 45.8 Å². The lowest BCUT2D eigenvalue weighted by Crippen LogP contribution is -2.13. The molecule has 0 aliphatic rings. The molecule has 0 amide bonds. The number of hydrogen-bond acceptors (Lipinski definition) is 4. The molecule has 8 heteroatoms. The Bertz CT molecular complexity index is 781. The van der Waals surface area contributed by atoms with Crippen LogP contribution in [0.4, 0.5) is 15.8 Å². The van der Waals surface area contributed by atoms with Crippen LogP contribution < -0.4 is 15.2 Å². The van der Waals surface area contributed by atoms with Gasteiger partial charge in [0.2, 0.25) is 0 Å². The van der Waals surface area contributed by atoms with E-state index >= 15 is 0 Å². The van der Waals surface area contributed by atoms with E-state index in [9.17, 15) is 12.8 Å². The Balaban J connectivity index is 2.35. The fourth-order valence-electron chi connectivity index (χ4n) is 1.63. The Hall–Kier alpha value is -1.80. The Morgan fingerprint density at radius 1 is 1.24 bits per heavy atom. The van der Waals surface area contributed by atoms with Gasteiger partial charge in [-0.3, -0.25) is 4.72 Å². The molecule has 0 spiro atoms. The molecule has 0 aliphatic heterocycles. The number of methoxy groups -OCH3 is 1. The lowest BCUT2D eigenvalue weighted by atomic mass is 10.3. The zero-order valence-corrected chi connectivity index (χ0v) is 13.3. The molecule has 21 heavy (non-hydrogen) atoms. The molecule has 0 saturated carbocycles. The van der Waals surface area contributed by atoms with Crippen LogP contribution in [0.2, 0.25) is 0 Å². The minimum Gasteiger partial charge on any atom is -0.495 e. The zero-order valence-electron chi connectivity index (χ0n) is 10.9. The van der Waals surface area contributed by atoms with Gasteiger partial charge < -0.3 is 10.5 Å². The summed E-state index contributed by atoms with van der Waals surface area (Å²) in [7, 11) is -2.47. The summed E-state index contributed by atoms with van der Waals surface area (Å²) in [5.41, 5.74) is 6.08. The first-order valence-electron chi connectivity index (χ1n) is 5.75. The van der Waals surface area contributed by atoms with E-state index in [-0.39, 0.29) is 20.8 Å². The lowest BCUT2D eigenvalue weighted by Gasteiger charge is -2.11. The van der Waals surface area contributed by atoms with Crippen molar-refractivity contribution in [2.24, 2.45) is 0 Å². The van der Waals surface area contributed by atoms with Gasteiger partial charge in [-0.15, -0.1) is 0 Å². The first-order valence-corrected chi connectivity index (χ1v) is 8.02. The molecule has 0 saturated heterocycles. The van der Waals surface area contributed by atoms with Gasteiger partial charge in [-0.1, -0.05) is 0 Å². The van der Waals surface area contributed by atoms with Crippen molar-refractivity contribution in [3.8, 4) is 5.75 Å². The molecule has 5 nitrogen and oxygen atoms in total. The highest BCUT2D eigenvalue weighted by Crippen LogP contribution is 2.27. The lowest BCUT2D eigenvalue weighted by molar-refractivity contribution is 0.415. The van der Waals surface area contributed by atoms with Crippen LogP contribution in [0.3, 0.4) is 0 Å². The van der Waals surface area contributed by atoms with E-state index in [0.717, 1.165) is 6.07 Å². The van der Waals surface area contributed by atoms with Gasteiger partial charge in [0.15, 0.2) is 0 Å². The van der Waals surface area contributed by atoms with Gasteiger partial charge in [0, 0.05) is 6.07 Å². The summed E-state index contributed by atoms with van der Waals surface area (Å²) >= 11 is 3.00. The Morgan fingerprint density at radius 2 is 1.95 bits per heavy atom. The van der Waals surface area contributed by atoms with E-state index in [4.69, 9.17) is 10.5 Å². The first kappa shape index (κ1) is 15.6. The zero-order chi connectivity index (χ0) is 15.6. The molecule has 0 aliphatic carbocycles. The Kier molecular flexibility index (Phi) is 4.38. The average Bonchev–Trinajstić information content (AvgIpc) is 2.43. The molecular formula is C13H12BrFN2O3S. The molecule has 0 unspecified atom stereocenters. The molecule has 2 aromatic rings. The smallest absolute Gasteiger partial charge is 0.262 e. The van der Waals surface area contributed by atoms with Crippen LogP contribution in [0.1, 0.15) is 0 Å². The fraction of sp³-hybridized carbons (Fsp3) is 0.0769. The van der Waals surface area contributed by atoms with Gasteiger partial charge >= 0.3 is 0 Å². The Labute approximate surface area is 130 Å². The van der Waals surface area contributed by atoms with Crippen LogP contribution in [-0.4, -0.2) is 15.5 Å². The fourth-order valence-corrected chi connectivity index (χ4v) is 2.94. The molecule has 0 atom stereocenters. The normalized spacial score (nSPS) is 11.2. The molecule has 0 fully saturated rings. The van der Waals surface area contributed by atoms with Crippen LogP contribution in [0.5, 0.6) is 5.75 Å². The maximum Gasteiger partial charge on any atom is 0.262 e. The highest BCUT2D eigenvalue weighted by atomic mass is 79.9. The number of rotatable bonds is 4. The van der Waals surface area contributed by atoms with Gasteiger partial charge in [0.25, 0.3) is 10.0 Å². The molecule has 2 aromatic carbocycles. The number of sulfonamides is 1. The number of nitrogens with two attached hydrogens (primary N) is 1. The summed E-state index contributed by atoms with van der Waals surface area (Å²) in [4.78, 5) is -0.0307. The minimum atomic E-state index is -3.86. The highest BCUT2D eigenvalue weighted by Gasteiger charge is 2.16. The second kappa shape index (κ2) is 5.90. The van der Waals surface area contributed by atoms with Gasteiger partial charge in [-0.25, -0.2) is 12.8 Å². The van der Waals surface area contributed by atoms with Crippen molar-refractivity contribution < 1.29 is 17.5 Å². The molecule has 0 aromatic heterocycles. The van der Waals surface area contributed by atoms with E-state index in [1.807, 2.05) is 0 Å². The predicted octanol–water partition coefficient (Wildman–Crippen LogP) is 2.98. The summed E-state index contributed by atoms with van der Waals surface area (Å²) in [6, 6.07) is 8.00. The number of ether oxygens (including phenoxy) is 1. The van der Waals surface area contributed by atoms with E-state index in [0.29, 0.717) is 5.69 Å². The van der Waals surface area contributed by atoms with Crippen molar-refractivity contribution in [3.63, 3.8) is 0 Å². The monoisotopic (exact) mass is 374 g/mol. The predicted molar refractivity (Wildman–Crippen MR) is 82.3 cm³/mol. The molecule has 112 valence electrons. The molecule has 3 N–H and O–H groups in total. The van der Waals surface area contributed by atoms with Gasteiger partial charge in [0.1, 0.15) is 11.6 Å². The summed E-state index contributed by atoms with van der Waals surface area (Å²) in [6.45, 7) is 0. The van der Waals surface area contributed by atoms with Crippen molar-refractivity contribution in [2.45, 2.75) is 4.90 Å². The second-order valence-corrected chi connectivity index (χ2v) is 6.67. The van der Waals surface area contributed by atoms with E-state index in [1.54, 1.807) is 0 Å². The second-order valence-electron chi connectivity index (χ2n) is 4.14. The van der Waals surface area contributed by atoms with Crippen LogP contribution in [0.25, 0.3) is 0 Å². The van der Waals surface area contributed by atoms with Crippen molar-refractivity contribution in [1.29, 1.82) is 0 Å². The first-order chi connectivity index (χ1) is 9.83. The third-order valence-electron chi connectivity index (χ3n) is 2.69. The number of benzene rings is 2. The molecule has 0 radical (unpaired) electrons. The third-order valence-corrected chi connectivity index (χ3v) is 4.71. The summed E-state index contributed by atoms with van der Waals surface area (Å²) in [5.74, 6) is -0.315. The number of nitrogens with one attached hydrogen (secondary N) is 1. The van der Waals surface area contributed by atoms with Crippen LogP contribution in [0, 0.1) is 5.82 Å². The minimum absolute atomic E-state index is 0.0307. The molecule has 2 rings (SSSR count). The van der Waals surface area contributed by atoms with Crippen molar-refractivity contribution in [1.82, 2.24) is 0 Å². The maximum absolute atomic E-state index is 13.4. The van der Waals surface area contributed by atoms with Crippen molar-refractivity contribution in [3.05, 3.63) is 46.7 Å². The molecule has 0 heterocycles. The van der Waals surface area contributed by atoms with E-state index in [2.05, 4.69) is 20.7 Å².